The highest BCUT2D eigenvalue weighted by Gasteiger charge is 2.42. The molecule has 0 saturated heterocycles. The van der Waals surface area contributed by atoms with Crippen LogP contribution in [0, 0.1) is 17.8 Å². The van der Waals surface area contributed by atoms with E-state index in [4.69, 9.17) is 0 Å². The molecule has 1 amide bonds. The fraction of sp³-hybridized carbons (Fsp3) is 0.750. The summed E-state index contributed by atoms with van der Waals surface area (Å²) in [7, 11) is 3.27. The van der Waals surface area contributed by atoms with Gasteiger partial charge in [-0.15, -0.1) is 0 Å². The smallest absolute Gasteiger partial charge is 0.328 e. The molecule has 3 atom stereocenters. The van der Waals surface area contributed by atoms with Gasteiger partial charge < -0.3 is 24.6 Å². The van der Waals surface area contributed by atoms with E-state index in [1.54, 1.807) is 0 Å². The number of hydrogen-bond acceptors (Lipinski definition) is 8. The Balaban J connectivity index is 5.48. The molecule has 0 heterocycles. The maximum atomic E-state index is 12.1. The van der Waals surface area contributed by atoms with E-state index in [9.17, 15) is 24.3 Å². The molecular weight excluding hydrogens is 334 g/mol. The summed E-state index contributed by atoms with van der Waals surface area (Å²) >= 11 is 0. The lowest BCUT2D eigenvalue weighted by molar-refractivity contribution is -0.163. The number of carbonyl (C=O) groups excluding carboxylic acids is 4. The highest BCUT2D eigenvalue weighted by atomic mass is 16.5. The van der Waals surface area contributed by atoms with Gasteiger partial charge in [0.15, 0.2) is 5.92 Å². The summed E-state index contributed by atoms with van der Waals surface area (Å²) in [5.74, 6) is -5.91. The molecule has 0 unspecified atom stereocenters. The second-order valence-electron chi connectivity index (χ2n) is 6.04. The molecule has 2 N–H and O–H groups in total. The van der Waals surface area contributed by atoms with E-state index in [-0.39, 0.29) is 12.3 Å². The number of aliphatic hydroxyl groups excluding tert-OH is 1. The highest BCUT2D eigenvalue weighted by molar-refractivity contribution is 5.96. The number of rotatable bonds is 9. The van der Waals surface area contributed by atoms with Crippen molar-refractivity contribution in [1.29, 1.82) is 0 Å². The lowest BCUT2D eigenvalue weighted by Gasteiger charge is -2.27. The van der Waals surface area contributed by atoms with Gasteiger partial charge >= 0.3 is 17.9 Å². The number of hydrogen-bond donors (Lipinski definition) is 2. The number of nitrogens with one attached hydrogen (secondary N) is 1. The first-order valence-corrected chi connectivity index (χ1v) is 7.82. The summed E-state index contributed by atoms with van der Waals surface area (Å²) in [6.07, 6.45) is -1.15. The molecule has 0 aliphatic carbocycles. The van der Waals surface area contributed by atoms with Crippen molar-refractivity contribution >= 4 is 23.8 Å². The zero-order valence-electron chi connectivity index (χ0n) is 15.4. The Morgan fingerprint density at radius 1 is 0.880 bits per heavy atom. The van der Waals surface area contributed by atoms with Gasteiger partial charge in [-0.1, -0.05) is 20.8 Å². The fourth-order valence-electron chi connectivity index (χ4n) is 2.31. The molecule has 0 aliphatic heterocycles. The third kappa shape index (κ3) is 6.69. The highest BCUT2D eigenvalue weighted by Crippen LogP contribution is 2.21. The Hall–Kier alpha value is -2.16. The summed E-state index contributed by atoms with van der Waals surface area (Å²) in [6.45, 7) is 5.04. The number of methoxy groups -OCH3 is 3. The normalized spacial score (nSPS) is 14.4. The van der Waals surface area contributed by atoms with Crippen LogP contribution in [0.3, 0.4) is 0 Å². The van der Waals surface area contributed by atoms with E-state index in [0.29, 0.717) is 0 Å². The van der Waals surface area contributed by atoms with Crippen molar-refractivity contribution in [2.75, 3.05) is 21.3 Å². The molecule has 0 fully saturated rings. The van der Waals surface area contributed by atoms with Gasteiger partial charge in [0.05, 0.1) is 21.3 Å². The van der Waals surface area contributed by atoms with Crippen LogP contribution in [0.25, 0.3) is 0 Å². The summed E-state index contributed by atoms with van der Waals surface area (Å²) in [5.41, 5.74) is 0. The molecule has 25 heavy (non-hydrogen) atoms. The SMILES string of the molecule is COC(=O)C(C(=O)OC)[C@H](C)[C@@H](NC(=O)[C@@H](O)CC(C)C)C(=O)OC. The van der Waals surface area contributed by atoms with E-state index < -0.39 is 47.8 Å². The maximum Gasteiger partial charge on any atom is 0.328 e. The van der Waals surface area contributed by atoms with Crippen LogP contribution in [0.4, 0.5) is 0 Å². The number of aliphatic hydroxyl groups is 1. The van der Waals surface area contributed by atoms with Crippen LogP contribution in [0.1, 0.15) is 27.2 Å². The molecule has 0 rings (SSSR count). The molecule has 0 saturated carbocycles. The monoisotopic (exact) mass is 361 g/mol. The first-order chi connectivity index (χ1) is 11.6. The van der Waals surface area contributed by atoms with Crippen LogP contribution in [0.2, 0.25) is 0 Å². The van der Waals surface area contributed by atoms with Crippen molar-refractivity contribution in [3.63, 3.8) is 0 Å². The second-order valence-corrected chi connectivity index (χ2v) is 6.04. The number of amides is 1. The molecule has 9 heteroatoms. The van der Waals surface area contributed by atoms with Crippen molar-refractivity contribution in [3.05, 3.63) is 0 Å². The summed E-state index contributed by atoms with van der Waals surface area (Å²) in [4.78, 5) is 47.9. The average molecular weight is 361 g/mol. The predicted octanol–water partition coefficient (Wildman–Crippen LogP) is -0.350. The lowest BCUT2D eigenvalue weighted by atomic mass is 9.87. The molecule has 0 spiro atoms. The topological polar surface area (TPSA) is 128 Å². The Morgan fingerprint density at radius 3 is 1.68 bits per heavy atom. The van der Waals surface area contributed by atoms with Crippen molar-refractivity contribution in [2.45, 2.75) is 39.3 Å². The van der Waals surface area contributed by atoms with Crippen molar-refractivity contribution in [1.82, 2.24) is 5.32 Å². The van der Waals surface area contributed by atoms with Gasteiger partial charge in [-0.25, -0.2) is 4.79 Å². The van der Waals surface area contributed by atoms with Crippen LogP contribution >= 0.6 is 0 Å². The molecule has 9 nitrogen and oxygen atoms in total. The largest absolute Gasteiger partial charge is 0.468 e. The van der Waals surface area contributed by atoms with Crippen molar-refractivity contribution in [3.8, 4) is 0 Å². The van der Waals surface area contributed by atoms with Gasteiger partial charge in [0.2, 0.25) is 5.91 Å². The zero-order valence-corrected chi connectivity index (χ0v) is 15.4. The Kier molecular flexibility index (Phi) is 9.73. The molecule has 0 aromatic heterocycles. The van der Waals surface area contributed by atoms with Gasteiger partial charge in [0.25, 0.3) is 0 Å². The van der Waals surface area contributed by atoms with E-state index in [0.717, 1.165) is 21.3 Å². The third-order valence-electron chi connectivity index (χ3n) is 3.71. The molecule has 0 radical (unpaired) electrons. The van der Waals surface area contributed by atoms with Gasteiger partial charge in [0, 0.05) is 5.92 Å². The molecule has 0 bridgehead atoms. The molecule has 144 valence electrons. The van der Waals surface area contributed by atoms with Gasteiger partial charge in [-0.2, -0.15) is 0 Å². The Labute approximate surface area is 147 Å². The zero-order chi connectivity index (χ0) is 19.7. The predicted molar refractivity (Wildman–Crippen MR) is 86.1 cm³/mol. The molecule has 0 aromatic carbocycles. The van der Waals surface area contributed by atoms with E-state index in [1.165, 1.54) is 6.92 Å². The third-order valence-corrected chi connectivity index (χ3v) is 3.71. The minimum atomic E-state index is -1.44. The van der Waals surface area contributed by atoms with Gasteiger partial charge in [0.1, 0.15) is 12.1 Å². The lowest BCUT2D eigenvalue weighted by Crippen LogP contribution is -2.53. The maximum absolute atomic E-state index is 12.1. The van der Waals surface area contributed by atoms with Crippen LogP contribution in [-0.4, -0.2) is 62.4 Å². The fourth-order valence-corrected chi connectivity index (χ4v) is 2.31. The first kappa shape index (κ1) is 22.8. The summed E-state index contributed by atoms with van der Waals surface area (Å²) in [5, 5.41) is 12.2. The van der Waals surface area contributed by atoms with Crippen LogP contribution in [0.5, 0.6) is 0 Å². The van der Waals surface area contributed by atoms with E-state index in [1.807, 2.05) is 13.8 Å². The summed E-state index contributed by atoms with van der Waals surface area (Å²) in [6, 6.07) is -1.34. The van der Waals surface area contributed by atoms with Crippen LogP contribution < -0.4 is 5.32 Å². The average Bonchev–Trinajstić information content (AvgIpc) is 2.57. The van der Waals surface area contributed by atoms with Gasteiger partial charge in [-0.3, -0.25) is 14.4 Å². The number of esters is 3. The minimum absolute atomic E-state index is 0.0487. The standard InChI is InChI=1S/C16H27NO8/c1-8(2)7-10(18)13(19)17-12(16(22)25-6)9(3)11(14(20)23-4)15(21)24-5/h8-12,18H,7H2,1-6H3,(H,17,19)/t9-,10-,12+/m0/s1. The first-order valence-electron chi connectivity index (χ1n) is 7.82. The van der Waals surface area contributed by atoms with Crippen molar-refractivity contribution in [2.24, 2.45) is 17.8 Å². The Morgan fingerprint density at radius 2 is 1.32 bits per heavy atom. The molecular formula is C16H27NO8. The van der Waals surface area contributed by atoms with E-state index in [2.05, 4.69) is 19.5 Å². The molecule has 0 aromatic rings. The second kappa shape index (κ2) is 10.7. The van der Waals surface area contributed by atoms with Crippen molar-refractivity contribution < 1.29 is 38.5 Å². The minimum Gasteiger partial charge on any atom is -0.468 e. The number of ether oxygens (including phenoxy) is 3. The van der Waals surface area contributed by atoms with E-state index >= 15 is 0 Å². The van der Waals surface area contributed by atoms with Gasteiger partial charge in [-0.05, 0) is 12.3 Å². The van der Waals surface area contributed by atoms with Crippen LogP contribution in [0.15, 0.2) is 0 Å². The number of carbonyl (C=O) groups is 4. The van der Waals surface area contributed by atoms with Crippen LogP contribution in [-0.2, 0) is 33.4 Å². The summed E-state index contributed by atoms with van der Waals surface area (Å²) < 4.78 is 13.8. The quantitative estimate of drug-likeness (QED) is 0.324. The molecule has 0 aliphatic rings. The Bertz CT molecular complexity index is 475.